The number of aryl methyl sites for hydroxylation is 1. The highest BCUT2D eigenvalue weighted by Crippen LogP contribution is 2.32. The van der Waals surface area contributed by atoms with Crippen LogP contribution in [0.3, 0.4) is 0 Å². The molecule has 0 aliphatic carbocycles. The highest BCUT2D eigenvalue weighted by Gasteiger charge is 2.16. The maximum atomic E-state index is 12.4. The van der Waals surface area contributed by atoms with Crippen LogP contribution in [0.25, 0.3) is 22.3 Å². The first-order valence-electron chi connectivity index (χ1n) is 6.54. The molecule has 4 nitrogen and oxygen atoms in total. The molecular formula is C17H14O4. The second-order valence-electron chi connectivity index (χ2n) is 5.09. The van der Waals surface area contributed by atoms with E-state index in [1.165, 1.54) is 6.07 Å². The summed E-state index contributed by atoms with van der Waals surface area (Å²) >= 11 is 0. The molecule has 0 aliphatic heterocycles. The summed E-state index contributed by atoms with van der Waals surface area (Å²) in [5.41, 5.74) is 2.17. The van der Waals surface area contributed by atoms with E-state index in [0.29, 0.717) is 11.3 Å². The van der Waals surface area contributed by atoms with E-state index >= 15 is 0 Å². The number of rotatable bonds is 1. The Morgan fingerprint density at radius 1 is 1.00 bits per heavy atom. The molecule has 1 heterocycles. The van der Waals surface area contributed by atoms with Gasteiger partial charge in [0.25, 0.3) is 0 Å². The molecule has 0 amide bonds. The molecule has 3 aromatic rings. The minimum atomic E-state index is -0.302. The van der Waals surface area contributed by atoms with Crippen LogP contribution in [-0.4, -0.2) is 10.2 Å². The molecule has 3 rings (SSSR count). The smallest absolute Gasteiger partial charge is 0.199 e. The van der Waals surface area contributed by atoms with Crippen LogP contribution in [-0.2, 0) is 0 Å². The van der Waals surface area contributed by atoms with Crippen LogP contribution >= 0.6 is 0 Å². The summed E-state index contributed by atoms with van der Waals surface area (Å²) in [6.45, 7) is 3.63. The van der Waals surface area contributed by atoms with Gasteiger partial charge in [0, 0.05) is 23.3 Å². The highest BCUT2D eigenvalue weighted by atomic mass is 16.3. The summed E-state index contributed by atoms with van der Waals surface area (Å²) in [4.78, 5) is 12.4. The predicted octanol–water partition coefficient (Wildman–Crippen LogP) is 3.49. The standard InChI is InChI=1S/C17H14O4/c1-9-3-5-11(6-4-9)17-10(2)16(20)15-13(19)7-12(18)8-14(15)21-17/h3-8,18-19H,1-2H3. The van der Waals surface area contributed by atoms with E-state index in [9.17, 15) is 15.0 Å². The molecule has 0 atom stereocenters. The maximum absolute atomic E-state index is 12.4. The lowest BCUT2D eigenvalue weighted by molar-refractivity contribution is 0.452. The number of hydrogen-bond acceptors (Lipinski definition) is 4. The Labute approximate surface area is 120 Å². The number of benzene rings is 2. The van der Waals surface area contributed by atoms with E-state index in [1.54, 1.807) is 6.92 Å². The van der Waals surface area contributed by atoms with Gasteiger partial charge in [-0.2, -0.15) is 0 Å². The van der Waals surface area contributed by atoms with Gasteiger partial charge >= 0.3 is 0 Å². The molecule has 0 fully saturated rings. The molecule has 0 bridgehead atoms. The van der Waals surface area contributed by atoms with E-state index in [2.05, 4.69) is 0 Å². The summed E-state index contributed by atoms with van der Waals surface area (Å²) in [5, 5.41) is 19.5. The van der Waals surface area contributed by atoms with Crippen LogP contribution in [0, 0.1) is 13.8 Å². The maximum Gasteiger partial charge on any atom is 0.199 e. The number of fused-ring (bicyclic) bond motifs is 1. The van der Waals surface area contributed by atoms with Gasteiger partial charge in [-0.15, -0.1) is 0 Å². The topological polar surface area (TPSA) is 70.7 Å². The van der Waals surface area contributed by atoms with Crippen LogP contribution in [0.15, 0.2) is 45.6 Å². The Bertz CT molecular complexity index is 889. The second-order valence-corrected chi connectivity index (χ2v) is 5.09. The van der Waals surface area contributed by atoms with Crippen LogP contribution in [0.5, 0.6) is 11.5 Å². The number of phenolic OH excluding ortho intramolecular Hbond substituents is 2. The minimum absolute atomic E-state index is 0.0844. The fourth-order valence-electron chi connectivity index (χ4n) is 2.35. The van der Waals surface area contributed by atoms with Gasteiger partial charge in [0.15, 0.2) is 5.43 Å². The molecular weight excluding hydrogens is 268 g/mol. The molecule has 0 radical (unpaired) electrons. The van der Waals surface area contributed by atoms with E-state index < -0.39 is 0 Å². The van der Waals surface area contributed by atoms with Crippen LogP contribution < -0.4 is 5.43 Å². The van der Waals surface area contributed by atoms with Gasteiger partial charge in [-0.25, -0.2) is 0 Å². The zero-order valence-electron chi connectivity index (χ0n) is 11.7. The van der Waals surface area contributed by atoms with Gasteiger partial charge < -0.3 is 14.6 Å². The molecule has 0 saturated carbocycles. The average molecular weight is 282 g/mol. The summed E-state index contributed by atoms with van der Waals surface area (Å²) in [6, 6.07) is 10.1. The highest BCUT2D eigenvalue weighted by molar-refractivity contribution is 5.87. The van der Waals surface area contributed by atoms with Crippen molar-refractivity contribution in [3.8, 4) is 22.8 Å². The van der Waals surface area contributed by atoms with Crippen molar-refractivity contribution in [2.45, 2.75) is 13.8 Å². The van der Waals surface area contributed by atoms with Gasteiger partial charge in [0.05, 0.1) is 0 Å². The number of hydrogen-bond donors (Lipinski definition) is 2. The summed E-state index contributed by atoms with van der Waals surface area (Å²) in [6.07, 6.45) is 0. The number of phenols is 2. The van der Waals surface area contributed by atoms with Gasteiger partial charge in [-0.1, -0.05) is 29.8 Å². The third-order valence-corrected chi connectivity index (χ3v) is 3.50. The van der Waals surface area contributed by atoms with Crippen molar-refractivity contribution in [2.24, 2.45) is 0 Å². The molecule has 0 aliphatic rings. The quantitative estimate of drug-likeness (QED) is 0.716. The van der Waals surface area contributed by atoms with Crippen molar-refractivity contribution in [1.29, 1.82) is 0 Å². The average Bonchev–Trinajstić information content (AvgIpc) is 2.43. The Morgan fingerprint density at radius 3 is 2.33 bits per heavy atom. The first-order chi connectivity index (χ1) is 9.97. The third-order valence-electron chi connectivity index (χ3n) is 3.50. The Kier molecular flexibility index (Phi) is 2.94. The molecule has 4 heteroatoms. The van der Waals surface area contributed by atoms with E-state index in [1.807, 2.05) is 31.2 Å². The van der Waals surface area contributed by atoms with Crippen molar-refractivity contribution in [2.75, 3.05) is 0 Å². The SMILES string of the molecule is Cc1ccc(-c2oc3cc(O)cc(O)c3c(=O)c2C)cc1. The summed E-state index contributed by atoms with van der Waals surface area (Å²) < 4.78 is 5.74. The molecule has 2 aromatic carbocycles. The third kappa shape index (κ3) is 2.14. The summed E-state index contributed by atoms with van der Waals surface area (Å²) in [5.74, 6) is 0.0108. The second kappa shape index (κ2) is 4.66. The molecule has 0 spiro atoms. The van der Waals surface area contributed by atoms with E-state index in [0.717, 1.165) is 17.2 Å². The zero-order valence-corrected chi connectivity index (χ0v) is 11.7. The van der Waals surface area contributed by atoms with Crippen molar-refractivity contribution >= 4 is 11.0 Å². The Morgan fingerprint density at radius 2 is 1.67 bits per heavy atom. The lowest BCUT2D eigenvalue weighted by Gasteiger charge is -2.08. The van der Waals surface area contributed by atoms with Gasteiger partial charge in [0.1, 0.15) is 28.2 Å². The first kappa shape index (κ1) is 13.2. The van der Waals surface area contributed by atoms with E-state index in [4.69, 9.17) is 4.42 Å². The lowest BCUT2D eigenvalue weighted by Crippen LogP contribution is -2.07. The predicted molar refractivity (Wildman–Crippen MR) is 80.7 cm³/mol. The van der Waals surface area contributed by atoms with Crippen molar-refractivity contribution in [3.63, 3.8) is 0 Å². The molecule has 0 unspecified atom stereocenters. The molecule has 1 aromatic heterocycles. The van der Waals surface area contributed by atoms with Gasteiger partial charge in [-0.05, 0) is 13.8 Å². The van der Waals surface area contributed by atoms with Crippen molar-refractivity contribution in [1.82, 2.24) is 0 Å². The molecule has 0 saturated heterocycles. The largest absolute Gasteiger partial charge is 0.508 e. The Hall–Kier alpha value is -2.75. The first-order valence-corrected chi connectivity index (χ1v) is 6.54. The molecule has 21 heavy (non-hydrogen) atoms. The van der Waals surface area contributed by atoms with Gasteiger partial charge in [-0.3, -0.25) is 4.79 Å². The molecule has 2 N–H and O–H groups in total. The fraction of sp³-hybridized carbons (Fsp3) is 0.118. The van der Waals surface area contributed by atoms with Crippen molar-refractivity contribution < 1.29 is 14.6 Å². The monoisotopic (exact) mass is 282 g/mol. The number of aromatic hydroxyl groups is 2. The zero-order chi connectivity index (χ0) is 15.1. The molecule has 106 valence electrons. The summed E-state index contributed by atoms with van der Waals surface area (Å²) in [7, 11) is 0. The van der Waals surface area contributed by atoms with Crippen LogP contribution in [0.4, 0.5) is 0 Å². The van der Waals surface area contributed by atoms with Crippen LogP contribution in [0.2, 0.25) is 0 Å². The fourth-order valence-corrected chi connectivity index (χ4v) is 2.35. The van der Waals surface area contributed by atoms with Crippen LogP contribution in [0.1, 0.15) is 11.1 Å². The van der Waals surface area contributed by atoms with Gasteiger partial charge in [0.2, 0.25) is 0 Å². The Balaban J connectivity index is 2.37. The minimum Gasteiger partial charge on any atom is -0.508 e. The van der Waals surface area contributed by atoms with E-state index in [-0.39, 0.29) is 27.9 Å². The van der Waals surface area contributed by atoms with Crippen molar-refractivity contribution in [3.05, 3.63) is 57.7 Å². The normalized spacial score (nSPS) is 11.0. The lowest BCUT2D eigenvalue weighted by atomic mass is 10.0.